The Bertz CT molecular complexity index is 927. The van der Waals surface area contributed by atoms with Crippen LogP contribution in [0.1, 0.15) is 18.1 Å². The van der Waals surface area contributed by atoms with Crippen molar-refractivity contribution in [3.63, 3.8) is 0 Å². The molecule has 1 saturated heterocycles. The van der Waals surface area contributed by atoms with Crippen LogP contribution in [0, 0.1) is 0 Å². The lowest BCUT2D eigenvalue weighted by Gasteiger charge is -2.14. The number of amides is 1. The van der Waals surface area contributed by atoms with E-state index in [0.717, 1.165) is 12.0 Å². The van der Waals surface area contributed by atoms with Crippen molar-refractivity contribution >= 4 is 46.3 Å². The van der Waals surface area contributed by atoms with E-state index in [2.05, 4.69) is 0 Å². The molecule has 0 aliphatic carbocycles. The molecule has 3 rings (SSSR count). The average Bonchev–Trinajstić information content (AvgIpc) is 2.95. The van der Waals surface area contributed by atoms with Gasteiger partial charge in [0.25, 0.3) is 5.91 Å². The minimum absolute atomic E-state index is 0.146. The summed E-state index contributed by atoms with van der Waals surface area (Å²) in [4.78, 5) is 26.0. The van der Waals surface area contributed by atoms with Crippen LogP contribution in [0.4, 0.5) is 0 Å². The van der Waals surface area contributed by atoms with Gasteiger partial charge in [0.2, 0.25) is 0 Å². The number of carbonyl (C=O) groups excluding carboxylic acids is 1. The predicted molar refractivity (Wildman–Crippen MR) is 114 cm³/mol. The summed E-state index contributed by atoms with van der Waals surface area (Å²) in [5.74, 6) is -0.791. The number of thiocarbonyl (C=S) groups is 1. The zero-order valence-electron chi connectivity index (χ0n) is 15.2. The summed E-state index contributed by atoms with van der Waals surface area (Å²) in [5.41, 5.74) is 1.78. The van der Waals surface area contributed by atoms with Gasteiger partial charge in [0.15, 0.2) is 6.10 Å². The number of carboxylic acids is 1. The lowest BCUT2D eigenvalue weighted by molar-refractivity contribution is -0.144. The van der Waals surface area contributed by atoms with E-state index in [0.29, 0.717) is 27.1 Å². The second-order valence-corrected chi connectivity index (χ2v) is 7.88. The molecule has 0 bridgehead atoms. The van der Waals surface area contributed by atoms with Crippen LogP contribution in [0.5, 0.6) is 5.75 Å². The molecule has 1 fully saturated rings. The highest BCUT2D eigenvalue weighted by Gasteiger charge is 2.31. The second-order valence-electron chi connectivity index (χ2n) is 6.21. The molecule has 1 aliphatic rings. The summed E-state index contributed by atoms with van der Waals surface area (Å²) in [6.45, 7) is 1.97. The van der Waals surface area contributed by atoms with Crippen LogP contribution in [0.3, 0.4) is 0 Å². The Labute approximate surface area is 173 Å². The summed E-state index contributed by atoms with van der Waals surface area (Å²) in [6, 6.07) is 16.9. The third kappa shape index (κ3) is 4.79. The molecule has 0 radical (unpaired) electrons. The number of hydrogen-bond acceptors (Lipinski definition) is 5. The summed E-state index contributed by atoms with van der Waals surface area (Å²) in [7, 11) is 0. The van der Waals surface area contributed by atoms with E-state index in [1.54, 1.807) is 35.2 Å². The standard InChI is InChI=1S/C21H19NO4S2/c1-14(20(24)25)26-17-10-6-5-9-16(17)13-18-19(23)22(21(27)28-18)12-11-15-7-3-2-4-8-15/h2-10,13-14H,11-12H2,1H3,(H,24,25)/b18-13+. The summed E-state index contributed by atoms with van der Waals surface area (Å²) < 4.78 is 6.02. The Balaban J connectivity index is 1.76. The van der Waals surface area contributed by atoms with Crippen molar-refractivity contribution < 1.29 is 19.4 Å². The fourth-order valence-electron chi connectivity index (χ4n) is 2.67. The van der Waals surface area contributed by atoms with Gasteiger partial charge in [0.1, 0.15) is 10.1 Å². The number of benzene rings is 2. The molecule has 1 N–H and O–H groups in total. The van der Waals surface area contributed by atoms with Crippen LogP contribution in [0.25, 0.3) is 6.08 Å². The molecular formula is C21H19NO4S2. The largest absolute Gasteiger partial charge is 0.479 e. The first-order valence-electron chi connectivity index (χ1n) is 8.73. The first-order valence-corrected chi connectivity index (χ1v) is 9.96. The number of carboxylic acid groups (broad SMARTS) is 1. The Morgan fingerprint density at radius 1 is 1.21 bits per heavy atom. The van der Waals surface area contributed by atoms with Gasteiger partial charge in [-0.15, -0.1) is 0 Å². The van der Waals surface area contributed by atoms with Crippen LogP contribution in [-0.2, 0) is 16.0 Å². The van der Waals surface area contributed by atoms with Gasteiger partial charge in [0, 0.05) is 12.1 Å². The summed E-state index contributed by atoms with van der Waals surface area (Å²) in [6.07, 6.45) is 1.43. The van der Waals surface area contributed by atoms with Gasteiger partial charge in [-0.25, -0.2) is 4.79 Å². The van der Waals surface area contributed by atoms with E-state index < -0.39 is 12.1 Å². The number of nitrogens with zero attached hydrogens (tertiary/aromatic N) is 1. The van der Waals surface area contributed by atoms with E-state index >= 15 is 0 Å². The molecule has 1 unspecified atom stereocenters. The molecule has 2 aromatic rings. The lowest BCUT2D eigenvalue weighted by Crippen LogP contribution is -2.30. The zero-order chi connectivity index (χ0) is 20.1. The summed E-state index contributed by atoms with van der Waals surface area (Å²) >= 11 is 6.62. The van der Waals surface area contributed by atoms with Gasteiger partial charge in [-0.3, -0.25) is 9.69 Å². The van der Waals surface area contributed by atoms with E-state index in [9.17, 15) is 9.59 Å². The average molecular weight is 414 g/mol. The molecule has 1 amide bonds. The highest BCUT2D eigenvalue weighted by Crippen LogP contribution is 2.34. The zero-order valence-corrected chi connectivity index (χ0v) is 16.8. The molecule has 28 heavy (non-hydrogen) atoms. The molecule has 0 saturated carbocycles. The van der Waals surface area contributed by atoms with Gasteiger partial charge >= 0.3 is 5.97 Å². The molecule has 5 nitrogen and oxygen atoms in total. The van der Waals surface area contributed by atoms with Crippen molar-refractivity contribution in [1.29, 1.82) is 0 Å². The molecule has 0 aromatic heterocycles. The maximum Gasteiger partial charge on any atom is 0.344 e. The van der Waals surface area contributed by atoms with Crippen molar-refractivity contribution in [2.45, 2.75) is 19.4 Å². The van der Waals surface area contributed by atoms with Gasteiger partial charge in [0.05, 0.1) is 4.91 Å². The molecule has 0 spiro atoms. The van der Waals surface area contributed by atoms with Gasteiger partial charge in [-0.1, -0.05) is 72.5 Å². The van der Waals surface area contributed by atoms with Crippen molar-refractivity contribution in [2.75, 3.05) is 6.54 Å². The fourth-order valence-corrected chi connectivity index (χ4v) is 3.97. The lowest BCUT2D eigenvalue weighted by atomic mass is 10.1. The SMILES string of the molecule is CC(Oc1ccccc1/C=C1/SC(=S)N(CCc2ccccc2)C1=O)C(=O)O. The summed E-state index contributed by atoms with van der Waals surface area (Å²) in [5, 5.41) is 9.06. The first-order chi connectivity index (χ1) is 13.5. The van der Waals surface area contributed by atoms with E-state index in [1.165, 1.54) is 18.7 Å². The number of thioether (sulfide) groups is 1. The molecular weight excluding hydrogens is 394 g/mol. The number of hydrogen-bond donors (Lipinski definition) is 1. The number of ether oxygens (including phenoxy) is 1. The van der Waals surface area contributed by atoms with Crippen molar-refractivity contribution in [1.82, 2.24) is 4.90 Å². The quantitative estimate of drug-likeness (QED) is 0.547. The number of rotatable bonds is 7. The molecule has 7 heteroatoms. The maximum atomic E-state index is 12.8. The van der Waals surface area contributed by atoms with Gasteiger partial charge in [-0.2, -0.15) is 0 Å². The number of para-hydroxylation sites is 1. The first kappa shape index (κ1) is 20.1. The molecule has 1 aliphatic heterocycles. The minimum atomic E-state index is -1.05. The predicted octanol–water partition coefficient (Wildman–Crippen LogP) is 3.98. The Hall–Kier alpha value is -2.64. The third-order valence-corrected chi connectivity index (χ3v) is 5.58. The molecule has 1 heterocycles. The van der Waals surface area contributed by atoms with E-state index in [1.807, 2.05) is 30.3 Å². The topological polar surface area (TPSA) is 66.8 Å². The third-order valence-electron chi connectivity index (χ3n) is 4.20. The highest BCUT2D eigenvalue weighted by atomic mass is 32.2. The normalized spacial score (nSPS) is 16.5. The van der Waals surface area contributed by atoms with Crippen LogP contribution in [0.2, 0.25) is 0 Å². The van der Waals surface area contributed by atoms with Crippen molar-refractivity contribution in [2.24, 2.45) is 0 Å². The van der Waals surface area contributed by atoms with Crippen LogP contribution in [0.15, 0.2) is 59.5 Å². The van der Waals surface area contributed by atoms with Crippen LogP contribution < -0.4 is 4.74 Å². The van der Waals surface area contributed by atoms with Crippen LogP contribution >= 0.6 is 24.0 Å². The van der Waals surface area contributed by atoms with Gasteiger partial charge in [-0.05, 0) is 31.1 Å². The van der Waals surface area contributed by atoms with Crippen LogP contribution in [-0.4, -0.2) is 38.9 Å². The highest BCUT2D eigenvalue weighted by molar-refractivity contribution is 8.26. The molecule has 2 aromatic carbocycles. The Kier molecular flexibility index (Phi) is 6.49. The van der Waals surface area contributed by atoms with Crippen molar-refractivity contribution in [3.8, 4) is 5.75 Å². The number of aliphatic carboxylic acids is 1. The van der Waals surface area contributed by atoms with Gasteiger partial charge < -0.3 is 9.84 Å². The van der Waals surface area contributed by atoms with E-state index in [4.69, 9.17) is 22.1 Å². The molecule has 144 valence electrons. The minimum Gasteiger partial charge on any atom is -0.479 e. The smallest absolute Gasteiger partial charge is 0.344 e. The monoisotopic (exact) mass is 413 g/mol. The second kappa shape index (κ2) is 9.03. The number of carbonyl (C=O) groups is 2. The maximum absolute atomic E-state index is 12.8. The fraction of sp³-hybridized carbons (Fsp3) is 0.190. The Morgan fingerprint density at radius 3 is 2.61 bits per heavy atom. The van der Waals surface area contributed by atoms with Crippen molar-refractivity contribution in [3.05, 3.63) is 70.6 Å². The van der Waals surface area contributed by atoms with E-state index in [-0.39, 0.29) is 5.91 Å². The molecule has 1 atom stereocenters. The Morgan fingerprint density at radius 2 is 1.89 bits per heavy atom.